The molecule has 1 N–H and O–H groups in total. The molecule has 0 rings (SSSR count). The summed E-state index contributed by atoms with van der Waals surface area (Å²) in [4.78, 5) is 0. The van der Waals surface area contributed by atoms with Crippen molar-refractivity contribution in [2.75, 3.05) is 19.6 Å². The molecular weight excluding hydrogens is 230 g/mol. The van der Waals surface area contributed by atoms with E-state index in [0.717, 1.165) is 22.9 Å². The maximum absolute atomic E-state index is 10.4. The molecule has 0 saturated carbocycles. The van der Waals surface area contributed by atoms with Crippen LogP contribution in [0.15, 0.2) is 0 Å². The fourth-order valence-electron chi connectivity index (χ4n) is 1.21. The van der Waals surface area contributed by atoms with Crippen molar-refractivity contribution in [2.24, 2.45) is 0 Å². The van der Waals surface area contributed by atoms with E-state index in [0.29, 0.717) is 0 Å². The van der Waals surface area contributed by atoms with E-state index in [2.05, 4.69) is 24.2 Å². The van der Waals surface area contributed by atoms with Gasteiger partial charge in [-0.05, 0) is 0 Å². The Hall–Kier alpha value is 0.493. The first-order valence-corrected chi connectivity index (χ1v) is 8.32. The summed E-state index contributed by atoms with van der Waals surface area (Å²) >= 11 is -1.18. The molecule has 0 atom stereocenters. The zero-order valence-electron chi connectivity index (χ0n) is 8.04. The maximum atomic E-state index is 10.4. The number of nitrogens with zero attached hydrogens (tertiary/aromatic N) is 1. The number of quaternary nitrogens is 1. The van der Waals surface area contributed by atoms with Crippen LogP contribution in [0.2, 0.25) is 0 Å². The van der Waals surface area contributed by atoms with Crippen molar-refractivity contribution >= 4 is 10.9 Å². The quantitative estimate of drug-likeness (QED) is 0.508. The molecule has 0 aliphatic carbocycles. The normalized spacial score (nSPS) is 11.7. The van der Waals surface area contributed by atoms with E-state index in [1.165, 1.54) is 0 Å². The van der Waals surface area contributed by atoms with Gasteiger partial charge in [0.25, 0.3) is 0 Å². The van der Waals surface area contributed by atoms with Crippen molar-refractivity contribution in [3.05, 3.63) is 0 Å². The summed E-state index contributed by atoms with van der Waals surface area (Å²) in [6.07, 6.45) is 0. The average Bonchev–Trinajstić information content (AvgIpc) is 2.08. The van der Waals surface area contributed by atoms with Gasteiger partial charge >= 0.3 is 84.0 Å². The first-order chi connectivity index (χ1) is 5.60. The van der Waals surface area contributed by atoms with Crippen LogP contribution in [-0.2, 0) is 28.5 Å². The van der Waals surface area contributed by atoms with Crippen LogP contribution in [-0.4, -0.2) is 31.3 Å². The second-order valence-electron chi connectivity index (χ2n) is 2.86. The van der Waals surface area contributed by atoms with E-state index in [4.69, 9.17) is 0 Å². The summed E-state index contributed by atoms with van der Waals surface area (Å²) in [6.45, 7) is 9.50. The van der Waals surface area contributed by atoms with Gasteiger partial charge < -0.3 is 0 Å². The molecule has 0 aliphatic rings. The third kappa shape index (κ3) is 3.94. The SMILES string of the molecule is CC[N+](CC)(CC)[Zn][NH][SH](=O)=O. The van der Waals surface area contributed by atoms with Gasteiger partial charge in [-0.25, -0.2) is 0 Å². The van der Waals surface area contributed by atoms with E-state index in [1.807, 2.05) is 0 Å². The Morgan fingerprint density at radius 1 is 1.17 bits per heavy atom. The molecular formula is C6H17N2O2SZn+. The summed E-state index contributed by atoms with van der Waals surface area (Å²) in [5, 5.41) is 0. The first kappa shape index (κ1) is 12.5. The average molecular weight is 247 g/mol. The summed E-state index contributed by atoms with van der Waals surface area (Å²) in [5.74, 6) is 0. The molecule has 0 aliphatic heterocycles. The first-order valence-electron chi connectivity index (χ1n) is 4.33. The molecule has 0 radical (unpaired) electrons. The van der Waals surface area contributed by atoms with Gasteiger partial charge in [0.2, 0.25) is 0 Å². The predicted molar refractivity (Wildman–Crippen MR) is 45.3 cm³/mol. The van der Waals surface area contributed by atoms with Crippen molar-refractivity contribution in [3.63, 3.8) is 0 Å². The van der Waals surface area contributed by atoms with Crippen LogP contribution in [0.5, 0.6) is 0 Å². The number of hydrogen-bond acceptors (Lipinski definition) is 2. The van der Waals surface area contributed by atoms with Crippen molar-refractivity contribution in [1.82, 2.24) is 3.46 Å². The summed E-state index contributed by atoms with van der Waals surface area (Å²) in [7, 11) is -2.36. The van der Waals surface area contributed by atoms with Crippen molar-refractivity contribution in [2.45, 2.75) is 20.8 Å². The molecule has 0 amide bonds. The van der Waals surface area contributed by atoms with Crippen LogP contribution in [0.4, 0.5) is 0 Å². The molecule has 12 heavy (non-hydrogen) atoms. The monoisotopic (exact) mass is 245 g/mol. The predicted octanol–water partition coefficient (Wildman–Crippen LogP) is -0.109. The molecule has 70 valence electrons. The molecule has 0 unspecified atom stereocenters. The van der Waals surface area contributed by atoms with Gasteiger partial charge in [-0.3, -0.25) is 0 Å². The van der Waals surface area contributed by atoms with E-state index >= 15 is 0 Å². The Balaban J connectivity index is 4.10. The number of nitrogens with one attached hydrogen (secondary N) is 1. The van der Waals surface area contributed by atoms with Crippen LogP contribution in [0.25, 0.3) is 0 Å². The summed E-state index contributed by atoms with van der Waals surface area (Å²) < 4.78 is 24.4. The van der Waals surface area contributed by atoms with Crippen LogP contribution >= 0.6 is 0 Å². The molecule has 0 aromatic heterocycles. The van der Waals surface area contributed by atoms with E-state index in [1.54, 1.807) is 0 Å². The minimum atomic E-state index is -2.36. The second kappa shape index (κ2) is 6.02. The van der Waals surface area contributed by atoms with E-state index in [-0.39, 0.29) is 0 Å². The van der Waals surface area contributed by atoms with Gasteiger partial charge in [0.05, 0.1) is 0 Å². The molecule has 0 fully saturated rings. The van der Waals surface area contributed by atoms with Crippen LogP contribution in [0, 0.1) is 0 Å². The van der Waals surface area contributed by atoms with Gasteiger partial charge in [0.1, 0.15) is 0 Å². The Labute approximate surface area is 84.1 Å². The minimum absolute atomic E-state index is 0.996. The molecule has 0 aromatic rings. The van der Waals surface area contributed by atoms with Crippen LogP contribution in [0.3, 0.4) is 0 Å². The number of rotatable bonds is 6. The van der Waals surface area contributed by atoms with Crippen molar-refractivity contribution in [3.8, 4) is 0 Å². The zero-order valence-corrected chi connectivity index (χ0v) is 11.9. The van der Waals surface area contributed by atoms with Gasteiger partial charge in [-0.1, -0.05) is 0 Å². The molecule has 0 saturated heterocycles. The molecule has 6 heteroatoms. The summed E-state index contributed by atoms with van der Waals surface area (Å²) in [5.41, 5.74) is 0. The summed E-state index contributed by atoms with van der Waals surface area (Å²) in [6, 6.07) is 0. The van der Waals surface area contributed by atoms with Crippen LogP contribution in [0.1, 0.15) is 20.8 Å². The number of thiol groups is 1. The molecule has 0 spiro atoms. The van der Waals surface area contributed by atoms with E-state index in [9.17, 15) is 8.42 Å². The molecule has 0 aromatic carbocycles. The van der Waals surface area contributed by atoms with Gasteiger partial charge in [-0.2, -0.15) is 0 Å². The standard InChI is InChI=1S/C6H15N.H2NO2S.Zn/c1-4-7(5-2)6-3;1-4(2)3;/h4-6H2,1-3H3;4H,(H-,1,2,3);/q;-1;+2. The Morgan fingerprint density at radius 2 is 1.58 bits per heavy atom. The zero-order chi connectivity index (χ0) is 9.61. The fraction of sp³-hybridized carbons (Fsp3) is 1.00. The topological polar surface area (TPSA) is 46.2 Å². The third-order valence-electron chi connectivity index (χ3n) is 2.55. The van der Waals surface area contributed by atoms with Crippen molar-refractivity contribution in [1.29, 1.82) is 0 Å². The van der Waals surface area contributed by atoms with Crippen LogP contribution < -0.4 is 3.46 Å². The Morgan fingerprint density at radius 3 is 1.83 bits per heavy atom. The second-order valence-corrected chi connectivity index (χ2v) is 9.16. The van der Waals surface area contributed by atoms with Gasteiger partial charge in [0.15, 0.2) is 0 Å². The molecule has 0 bridgehead atoms. The molecule has 4 nitrogen and oxygen atoms in total. The fourth-order valence-corrected chi connectivity index (χ4v) is 5.65. The van der Waals surface area contributed by atoms with E-state index < -0.39 is 28.5 Å². The van der Waals surface area contributed by atoms with Gasteiger partial charge in [0, 0.05) is 0 Å². The van der Waals surface area contributed by atoms with Crippen molar-refractivity contribution < 1.29 is 29.2 Å². The Bertz CT molecular complexity index is 176. The van der Waals surface area contributed by atoms with Gasteiger partial charge in [-0.15, -0.1) is 0 Å². The Kier molecular flexibility index (Phi) is 6.27. The number of hydrogen-bond donors (Lipinski definition) is 2. The third-order valence-corrected chi connectivity index (χ3v) is 9.68. The molecule has 0 heterocycles.